The number of halogens is 1. The van der Waals surface area contributed by atoms with E-state index in [1.54, 1.807) is 0 Å². The molecule has 0 bridgehead atoms. The fourth-order valence-electron chi connectivity index (χ4n) is 0.944. The van der Waals surface area contributed by atoms with Crippen LogP contribution < -0.4 is 10.5 Å². The van der Waals surface area contributed by atoms with Gasteiger partial charge in [0.25, 0.3) is 0 Å². The Hall–Kier alpha value is -1.26. The Labute approximate surface area is 94.5 Å². The molecule has 5 heteroatoms. The van der Waals surface area contributed by atoms with Crippen molar-refractivity contribution in [2.45, 2.75) is 12.5 Å². The van der Waals surface area contributed by atoms with Crippen LogP contribution in [0.15, 0.2) is 30.3 Å². The molecule has 1 rings (SSSR count). The van der Waals surface area contributed by atoms with Crippen molar-refractivity contribution in [2.24, 2.45) is 5.73 Å². The molecule has 1 atom stereocenters. The Kier molecular flexibility index (Phi) is 6.49. The third-order valence-electron chi connectivity index (χ3n) is 1.76. The van der Waals surface area contributed by atoms with Crippen LogP contribution in [-0.4, -0.2) is 23.7 Å². The minimum atomic E-state index is -0.998. The first kappa shape index (κ1) is 13.7. The fraction of sp³-hybridized carbons (Fsp3) is 0.300. The van der Waals surface area contributed by atoms with E-state index in [0.717, 1.165) is 5.75 Å². The zero-order chi connectivity index (χ0) is 10.4. The maximum Gasteiger partial charge on any atom is 0.320 e. The van der Waals surface area contributed by atoms with Gasteiger partial charge >= 0.3 is 5.97 Å². The molecule has 0 saturated heterocycles. The number of hydrogen-bond donors (Lipinski definition) is 2. The minimum absolute atomic E-state index is 0. The van der Waals surface area contributed by atoms with Crippen molar-refractivity contribution < 1.29 is 14.6 Å². The van der Waals surface area contributed by atoms with Gasteiger partial charge in [0.05, 0.1) is 6.61 Å². The van der Waals surface area contributed by atoms with Crippen molar-refractivity contribution in [3.63, 3.8) is 0 Å². The summed E-state index contributed by atoms with van der Waals surface area (Å²) in [6, 6.07) is 8.37. The highest BCUT2D eigenvalue weighted by molar-refractivity contribution is 5.85. The molecule has 0 amide bonds. The van der Waals surface area contributed by atoms with Crippen molar-refractivity contribution >= 4 is 18.4 Å². The first-order valence-electron chi connectivity index (χ1n) is 4.36. The minimum Gasteiger partial charge on any atom is -0.494 e. The van der Waals surface area contributed by atoms with E-state index in [1.165, 1.54) is 0 Å². The topological polar surface area (TPSA) is 72.5 Å². The normalized spacial score (nSPS) is 11.3. The summed E-state index contributed by atoms with van der Waals surface area (Å²) in [6.45, 7) is 0.317. The van der Waals surface area contributed by atoms with E-state index < -0.39 is 12.0 Å². The number of rotatable bonds is 5. The largest absolute Gasteiger partial charge is 0.494 e. The van der Waals surface area contributed by atoms with Gasteiger partial charge < -0.3 is 15.6 Å². The molecule has 0 radical (unpaired) electrons. The molecule has 0 aliphatic rings. The molecule has 0 aliphatic heterocycles. The number of hydrogen-bond acceptors (Lipinski definition) is 3. The number of carbonyl (C=O) groups is 1. The van der Waals surface area contributed by atoms with Gasteiger partial charge in [0, 0.05) is 6.42 Å². The SMILES string of the molecule is Cl.N[C@H](CCOc1ccccc1)C(=O)O. The van der Waals surface area contributed by atoms with E-state index in [-0.39, 0.29) is 12.4 Å². The van der Waals surface area contributed by atoms with Gasteiger partial charge in [0.1, 0.15) is 11.8 Å². The molecule has 1 aromatic rings. The summed E-state index contributed by atoms with van der Waals surface area (Å²) >= 11 is 0. The van der Waals surface area contributed by atoms with Gasteiger partial charge in [-0.2, -0.15) is 0 Å². The van der Waals surface area contributed by atoms with Crippen LogP contribution >= 0.6 is 12.4 Å². The predicted molar refractivity (Wildman–Crippen MR) is 59.4 cm³/mol. The smallest absolute Gasteiger partial charge is 0.320 e. The second-order valence-corrected chi connectivity index (χ2v) is 2.89. The van der Waals surface area contributed by atoms with Crippen LogP contribution in [-0.2, 0) is 4.79 Å². The summed E-state index contributed by atoms with van der Waals surface area (Å²) in [5.41, 5.74) is 5.30. The van der Waals surface area contributed by atoms with Crippen LogP contribution in [0, 0.1) is 0 Å². The van der Waals surface area contributed by atoms with Crippen molar-refractivity contribution in [2.75, 3.05) is 6.61 Å². The Bertz CT molecular complexity index is 292. The number of para-hydroxylation sites is 1. The Morgan fingerprint density at radius 2 is 2.00 bits per heavy atom. The molecule has 15 heavy (non-hydrogen) atoms. The summed E-state index contributed by atoms with van der Waals surface area (Å²) in [5, 5.41) is 8.50. The van der Waals surface area contributed by atoms with Gasteiger partial charge in [-0.3, -0.25) is 4.79 Å². The molecule has 0 spiro atoms. The van der Waals surface area contributed by atoms with Gasteiger partial charge in [0.15, 0.2) is 0 Å². The lowest BCUT2D eigenvalue weighted by atomic mass is 10.2. The van der Waals surface area contributed by atoms with Crippen LogP contribution in [0.3, 0.4) is 0 Å². The highest BCUT2D eigenvalue weighted by Gasteiger charge is 2.10. The first-order chi connectivity index (χ1) is 6.70. The van der Waals surface area contributed by atoms with E-state index in [0.29, 0.717) is 13.0 Å². The van der Waals surface area contributed by atoms with Crippen molar-refractivity contribution in [1.29, 1.82) is 0 Å². The van der Waals surface area contributed by atoms with Crippen LogP contribution in [0.5, 0.6) is 5.75 Å². The molecule has 4 nitrogen and oxygen atoms in total. The maximum atomic E-state index is 10.4. The van der Waals surface area contributed by atoms with Crippen LogP contribution in [0.25, 0.3) is 0 Å². The number of carboxylic acid groups (broad SMARTS) is 1. The second-order valence-electron chi connectivity index (χ2n) is 2.89. The Balaban J connectivity index is 0.00000196. The zero-order valence-corrected chi connectivity index (χ0v) is 8.94. The van der Waals surface area contributed by atoms with Crippen LogP contribution in [0.4, 0.5) is 0 Å². The summed E-state index contributed by atoms with van der Waals surface area (Å²) in [6.07, 6.45) is 0.310. The van der Waals surface area contributed by atoms with Crippen molar-refractivity contribution in [1.82, 2.24) is 0 Å². The number of aliphatic carboxylic acids is 1. The number of benzene rings is 1. The number of carboxylic acids is 1. The summed E-state index contributed by atoms with van der Waals surface area (Å²) < 4.78 is 5.28. The maximum absolute atomic E-state index is 10.4. The molecular formula is C10H14ClNO3. The average Bonchev–Trinajstić information content (AvgIpc) is 2.19. The molecule has 0 fully saturated rings. The van der Waals surface area contributed by atoms with E-state index in [1.807, 2.05) is 30.3 Å². The molecule has 3 N–H and O–H groups in total. The Morgan fingerprint density at radius 1 is 1.40 bits per heavy atom. The van der Waals surface area contributed by atoms with Crippen LogP contribution in [0.2, 0.25) is 0 Å². The van der Waals surface area contributed by atoms with E-state index in [9.17, 15) is 4.79 Å². The van der Waals surface area contributed by atoms with Gasteiger partial charge in [-0.1, -0.05) is 18.2 Å². The second kappa shape index (κ2) is 7.09. The predicted octanol–water partition coefficient (Wildman–Crippen LogP) is 1.29. The number of nitrogens with two attached hydrogens (primary N) is 1. The summed E-state index contributed by atoms with van der Waals surface area (Å²) in [7, 11) is 0. The first-order valence-corrected chi connectivity index (χ1v) is 4.36. The molecule has 1 aromatic carbocycles. The van der Waals surface area contributed by atoms with E-state index in [4.69, 9.17) is 15.6 Å². The third-order valence-corrected chi connectivity index (χ3v) is 1.76. The lowest BCUT2D eigenvalue weighted by molar-refractivity contribution is -0.138. The quantitative estimate of drug-likeness (QED) is 0.801. The van der Waals surface area contributed by atoms with Crippen molar-refractivity contribution in [3.05, 3.63) is 30.3 Å². The molecule has 0 unspecified atom stereocenters. The fourth-order valence-corrected chi connectivity index (χ4v) is 0.944. The zero-order valence-electron chi connectivity index (χ0n) is 8.13. The molecular weight excluding hydrogens is 218 g/mol. The molecule has 0 saturated carbocycles. The highest BCUT2D eigenvalue weighted by Crippen LogP contribution is 2.08. The van der Waals surface area contributed by atoms with Gasteiger partial charge in [-0.25, -0.2) is 0 Å². The van der Waals surface area contributed by atoms with E-state index in [2.05, 4.69) is 0 Å². The summed E-state index contributed by atoms with van der Waals surface area (Å²) in [5.74, 6) is -0.272. The van der Waals surface area contributed by atoms with E-state index >= 15 is 0 Å². The van der Waals surface area contributed by atoms with Gasteiger partial charge in [-0.15, -0.1) is 12.4 Å². The monoisotopic (exact) mass is 231 g/mol. The lowest BCUT2D eigenvalue weighted by Gasteiger charge is -2.08. The molecule has 0 heterocycles. The average molecular weight is 232 g/mol. The van der Waals surface area contributed by atoms with Gasteiger partial charge in [0.2, 0.25) is 0 Å². The molecule has 84 valence electrons. The van der Waals surface area contributed by atoms with Gasteiger partial charge in [-0.05, 0) is 12.1 Å². The molecule has 0 aliphatic carbocycles. The standard InChI is InChI=1S/C10H13NO3.ClH/c11-9(10(12)13)6-7-14-8-4-2-1-3-5-8;/h1-5,9H,6-7,11H2,(H,12,13);1H/t9-;/m1./s1. The third kappa shape index (κ3) is 5.24. The highest BCUT2D eigenvalue weighted by atomic mass is 35.5. The molecule has 0 aromatic heterocycles. The Morgan fingerprint density at radius 3 is 2.53 bits per heavy atom. The summed E-state index contributed by atoms with van der Waals surface area (Å²) in [4.78, 5) is 10.4. The lowest BCUT2D eigenvalue weighted by Crippen LogP contribution is -2.31. The number of ether oxygens (including phenoxy) is 1. The van der Waals surface area contributed by atoms with Crippen LogP contribution in [0.1, 0.15) is 6.42 Å². The van der Waals surface area contributed by atoms with Crippen molar-refractivity contribution in [3.8, 4) is 5.75 Å².